The summed E-state index contributed by atoms with van der Waals surface area (Å²) < 4.78 is 5.46. The monoisotopic (exact) mass is 266 g/mol. The standard InChI is InChI=1S/C11H14N4O2S/c1-7(2)17-9-3-4-12-10(15-9)13-5-8-6-18-11(16)14-8/h3-4,6-7H,5H2,1-2H3,(H,14,16)(H,12,13,15). The molecule has 0 atom stereocenters. The Bertz CT molecular complexity index is 564. The van der Waals surface area contributed by atoms with Gasteiger partial charge in [0.1, 0.15) is 0 Å². The van der Waals surface area contributed by atoms with Crippen LogP contribution in [0.3, 0.4) is 0 Å². The average molecular weight is 266 g/mol. The van der Waals surface area contributed by atoms with Crippen molar-refractivity contribution in [1.82, 2.24) is 15.0 Å². The van der Waals surface area contributed by atoms with E-state index in [0.29, 0.717) is 18.4 Å². The van der Waals surface area contributed by atoms with Crippen LogP contribution in [0.4, 0.5) is 5.95 Å². The fourth-order valence-corrected chi connectivity index (χ4v) is 1.89. The van der Waals surface area contributed by atoms with Crippen molar-refractivity contribution in [3.05, 3.63) is 33.0 Å². The van der Waals surface area contributed by atoms with Gasteiger partial charge >= 0.3 is 4.87 Å². The first-order valence-corrected chi connectivity index (χ1v) is 6.41. The van der Waals surface area contributed by atoms with Gasteiger partial charge in [-0.1, -0.05) is 11.3 Å². The van der Waals surface area contributed by atoms with Gasteiger partial charge in [0.05, 0.1) is 12.6 Å². The third-order valence-electron chi connectivity index (χ3n) is 1.99. The minimum Gasteiger partial charge on any atom is -0.475 e. The van der Waals surface area contributed by atoms with E-state index < -0.39 is 0 Å². The van der Waals surface area contributed by atoms with E-state index in [1.165, 1.54) is 0 Å². The van der Waals surface area contributed by atoms with Gasteiger partial charge in [-0.3, -0.25) is 4.79 Å². The third-order valence-corrected chi connectivity index (χ3v) is 2.71. The molecule has 96 valence electrons. The first-order chi connectivity index (χ1) is 8.63. The number of H-pyrrole nitrogens is 1. The Kier molecular flexibility index (Phi) is 3.93. The quantitative estimate of drug-likeness (QED) is 0.859. The number of hydrogen-bond acceptors (Lipinski definition) is 6. The topological polar surface area (TPSA) is 79.9 Å². The van der Waals surface area contributed by atoms with Crippen molar-refractivity contribution in [3.63, 3.8) is 0 Å². The second-order valence-electron chi connectivity index (χ2n) is 3.91. The summed E-state index contributed by atoms with van der Waals surface area (Å²) in [5.41, 5.74) is 0.809. The number of ether oxygens (including phenoxy) is 1. The number of aromatic amines is 1. The van der Waals surface area contributed by atoms with Crippen LogP contribution in [0, 0.1) is 0 Å². The smallest absolute Gasteiger partial charge is 0.304 e. The van der Waals surface area contributed by atoms with E-state index in [1.807, 2.05) is 13.8 Å². The Morgan fingerprint density at radius 1 is 1.56 bits per heavy atom. The van der Waals surface area contributed by atoms with Crippen molar-refractivity contribution < 1.29 is 4.74 Å². The normalized spacial score (nSPS) is 10.6. The second-order valence-corrected chi connectivity index (χ2v) is 4.75. The minimum atomic E-state index is -0.0652. The zero-order valence-corrected chi connectivity index (χ0v) is 11.0. The molecule has 0 aromatic carbocycles. The maximum atomic E-state index is 11.0. The van der Waals surface area contributed by atoms with E-state index in [-0.39, 0.29) is 11.0 Å². The fraction of sp³-hybridized carbons (Fsp3) is 0.364. The summed E-state index contributed by atoms with van der Waals surface area (Å²) in [5.74, 6) is 1.00. The average Bonchev–Trinajstić information content (AvgIpc) is 2.72. The molecule has 0 saturated carbocycles. The number of thiazole rings is 1. The molecule has 0 saturated heterocycles. The van der Waals surface area contributed by atoms with Crippen LogP contribution in [-0.4, -0.2) is 21.1 Å². The van der Waals surface area contributed by atoms with E-state index in [1.54, 1.807) is 17.6 Å². The second kappa shape index (κ2) is 5.63. The van der Waals surface area contributed by atoms with Crippen molar-refractivity contribution >= 4 is 17.3 Å². The lowest BCUT2D eigenvalue weighted by Crippen LogP contribution is -2.09. The van der Waals surface area contributed by atoms with E-state index in [0.717, 1.165) is 17.0 Å². The molecule has 0 aliphatic heterocycles. The van der Waals surface area contributed by atoms with Crippen LogP contribution >= 0.6 is 11.3 Å². The van der Waals surface area contributed by atoms with Crippen LogP contribution in [0.1, 0.15) is 19.5 Å². The molecule has 18 heavy (non-hydrogen) atoms. The van der Waals surface area contributed by atoms with Gasteiger partial charge in [-0.2, -0.15) is 4.98 Å². The van der Waals surface area contributed by atoms with Crippen molar-refractivity contribution in [2.24, 2.45) is 0 Å². The molecule has 2 N–H and O–H groups in total. The van der Waals surface area contributed by atoms with E-state index in [2.05, 4.69) is 20.3 Å². The van der Waals surface area contributed by atoms with Crippen molar-refractivity contribution in [1.29, 1.82) is 0 Å². The summed E-state index contributed by atoms with van der Waals surface area (Å²) in [4.78, 5) is 21.9. The summed E-state index contributed by atoms with van der Waals surface area (Å²) in [6.07, 6.45) is 1.70. The molecule has 2 aromatic heterocycles. The minimum absolute atomic E-state index is 0.0652. The van der Waals surface area contributed by atoms with Gasteiger partial charge in [0.25, 0.3) is 0 Å². The maximum Gasteiger partial charge on any atom is 0.304 e. The Balaban J connectivity index is 1.98. The van der Waals surface area contributed by atoms with Crippen molar-refractivity contribution in [3.8, 4) is 5.88 Å². The van der Waals surface area contributed by atoms with Crippen LogP contribution < -0.4 is 14.9 Å². The highest BCUT2D eigenvalue weighted by molar-refractivity contribution is 7.07. The first kappa shape index (κ1) is 12.6. The van der Waals surface area contributed by atoms with Crippen LogP contribution in [0.15, 0.2) is 22.4 Å². The Morgan fingerprint density at radius 3 is 3.06 bits per heavy atom. The van der Waals surface area contributed by atoms with Gasteiger partial charge in [-0.15, -0.1) is 0 Å². The molecule has 0 bridgehead atoms. The van der Waals surface area contributed by atoms with E-state index in [4.69, 9.17) is 4.74 Å². The van der Waals surface area contributed by atoms with E-state index >= 15 is 0 Å². The maximum absolute atomic E-state index is 11.0. The molecule has 2 rings (SSSR count). The van der Waals surface area contributed by atoms with E-state index in [9.17, 15) is 4.79 Å². The molecular formula is C11H14N4O2S. The molecule has 0 amide bonds. The van der Waals surface area contributed by atoms with Crippen molar-refractivity contribution in [2.75, 3.05) is 5.32 Å². The lowest BCUT2D eigenvalue weighted by molar-refractivity contribution is 0.232. The third kappa shape index (κ3) is 3.56. The SMILES string of the molecule is CC(C)Oc1ccnc(NCc2csc(=O)[nH]2)n1. The molecule has 0 unspecified atom stereocenters. The Labute approximate surface area is 108 Å². The number of anilines is 1. The molecule has 0 fully saturated rings. The predicted molar refractivity (Wildman–Crippen MR) is 70.1 cm³/mol. The number of nitrogens with zero attached hydrogens (tertiary/aromatic N) is 2. The van der Waals surface area contributed by atoms with Crippen molar-refractivity contribution in [2.45, 2.75) is 26.5 Å². The molecular weight excluding hydrogens is 252 g/mol. The zero-order chi connectivity index (χ0) is 13.0. The summed E-state index contributed by atoms with van der Waals surface area (Å²) in [6, 6.07) is 1.71. The lowest BCUT2D eigenvalue weighted by atomic mass is 10.5. The predicted octanol–water partition coefficient (Wildman–Crippen LogP) is 1.63. The summed E-state index contributed by atoms with van der Waals surface area (Å²) in [6.45, 7) is 4.35. The Hall–Kier alpha value is -1.89. The molecule has 0 spiro atoms. The number of rotatable bonds is 5. The summed E-state index contributed by atoms with van der Waals surface area (Å²) in [7, 11) is 0. The summed E-state index contributed by atoms with van der Waals surface area (Å²) in [5, 5.41) is 4.79. The molecule has 7 heteroatoms. The van der Waals surface area contributed by atoms with Gasteiger partial charge in [-0.25, -0.2) is 4.98 Å². The van der Waals surface area contributed by atoms with Crippen LogP contribution in [0.25, 0.3) is 0 Å². The molecule has 0 aliphatic rings. The summed E-state index contributed by atoms with van der Waals surface area (Å²) >= 11 is 1.13. The van der Waals surface area contributed by atoms with Crippen LogP contribution in [0.2, 0.25) is 0 Å². The Morgan fingerprint density at radius 2 is 2.39 bits per heavy atom. The highest BCUT2D eigenvalue weighted by atomic mass is 32.1. The van der Waals surface area contributed by atoms with Gasteiger partial charge in [0, 0.05) is 23.3 Å². The van der Waals surface area contributed by atoms with Crippen LogP contribution in [-0.2, 0) is 6.54 Å². The highest BCUT2D eigenvalue weighted by Gasteiger charge is 2.03. The highest BCUT2D eigenvalue weighted by Crippen LogP contribution is 2.10. The number of hydrogen-bond donors (Lipinski definition) is 2. The zero-order valence-electron chi connectivity index (χ0n) is 10.1. The van der Waals surface area contributed by atoms with Crippen LogP contribution in [0.5, 0.6) is 5.88 Å². The molecule has 0 aliphatic carbocycles. The first-order valence-electron chi connectivity index (χ1n) is 5.54. The lowest BCUT2D eigenvalue weighted by Gasteiger charge is -2.09. The molecule has 2 heterocycles. The van der Waals surface area contributed by atoms with Gasteiger partial charge in [0.2, 0.25) is 11.8 Å². The van der Waals surface area contributed by atoms with Gasteiger partial charge < -0.3 is 15.0 Å². The van der Waals surface area contributed by atoms with Gasteiger partial charge in [-0.05, 0) is 13.8 Å². The molecule has 2 aromatic rings. The number of nitrogens with one attached hydrogen (secondary N) is 2. The van der Waals surface area contributed by atoms with Gasteiger partial charge in [0.15, 0.2) is 0 Å². The molecule has 6 nitrogen and oxygen atoms in total. The fourth-order valence-electron chi connectivity index (χ4n) is 1.31. The molecule has 0 radical (unpaired) electrons. The number of aromatic nitrogens is 3. The largest absolute Gasteiger partial charge is 0.475 e.